The second kappa shape index (κ2) is 5.88. The van der Waals surface area contributed by atoms with Crippen LogP contribution in [0.1, 0.15) is 5.56 Å². The van der Waals surface area contributed by atoms with Crippen molar-refractivity contribution < 1.29 is 14.5 Å². The quantitative estimate of drug-likeness (QED) is 0.568. The van der Waals surface area contributed by atoms with Gasteiger partial charge in [-0.2, -0.15) is 0 Å². The highest BCUT2D eigenvalue weighted by Gasteiger charge is 2.37. The molecule has 1 aromatic carbocycles. The molecule has 0 aliphatic carbocycles. The number of hydrogen-bond donors (Lipinski definition) is 2. The fourth-order valence-corrected chi connectivity index (χ4v) is 2.27. The molecule has 8 nitrogen and oxygen atoms in total. The molecule has 0 bridgehead atoms. The van der Waals surface area contributed by atoms with E-state index in [0.717, 1.165) is 5.56 Å². The molecule has 0 spiro atoms. The van der Waals surface area contributed by atoms with Gasteiger partial charge in [-0.3, -0.25) is 19.7 Å². The number of nitro benzene ring substituents is 1. The smallest absolute Gasteiger partial charge is 0.269 e. The summed E-state index contributed by atoms with van der Waals surface area (Å²) in [4.78, 5) is 35.5. The van der Waals surface area contributed by atoms with Crippen molar-refractivity contribution in [3.8, 4) is 0 Å². The lowest BCUT2D eigenvalue weighted by Crippen LogP contribution is -2.64. The number of rotatable bonds is 4. The van der Waals surface area contributed by atoms with E-state index in [-0.39, 0.29) is 24.0 Å². The van der Waals surface area contributed by atoms with Crippen LogP contribution in [0.4, 0.5) is 5.69 Å². The molecular weight excluding hydrogens is 276 g/mol. The molecule has 1 fully saturated rings. The van der Waals surface area contributed by atoms with E-state index >= 15 is 0 Å². The van der Waals surface area contributed by atoms with E-state index in [1.165, 1.54) is 17.0 Å². The van der Waals surface area contributed by atoms with Crippen LogP contribution >= 0.6 is 0 Å². The van der Waals surface area contributed by atoms with Gasteiger partial charge in [0.05, 0.1) is 4.92 Å². The first-order valence-electron chi connectivity index (χ1n) is 6.44. The topological polar surface area (TPSA) is 119 Å². The predicted molar refractivity (Wildman–Crippen MR) is 74.3 cm³/mol. The van der Waals surface area contributed by atoms with E-state index in [9.17, 15) is 19.7 Å². The summed E-state index contributed by atoms with van der Waals surface area (Å²) in [5.74, 6) is -0.505. The zero-order chi connectivity index (χ0) is 15.6. The molecule has 0 radical (unpaired) electrons. The fourth-order valence-electron chi connectivity index (χ4n) is 2.27. The molecule has 112 valence electrons. The Morgan fingerprint density at radius 2 is 1.95 bits per heavy atom. The van der Waals surface area contributed by atoms with Crippen molar-refractivity contribution in [2.24, 2.45) is 5.73 Å². The van der Waals surface area contributed by atoms with Crippen molar-refractivity contribution in [3.05, 3.63) is 39.9 Å². The third-order valence-electron chi connectivity index (χ3n) is 3.54. The third-order valence-corrected chi connectivity index (χ3v) is 3.54. The third kappa shape index (κ3) is 3.00. The lowest BCUT2D eigenvalue weighted by molar-refractivity contribution is -0.384. The van der Waals surface area contributed by atoms with Crippen LogP contribution in [0.2, 0.25) is 0 Å². The van der Waals surface area contributed by atoms with E-state index in [1.807, 2.05) is 0 Å². The van der Waals surface area contributed by atoms with Gasteiger partial charge in [-0.15, -0.1) is 0 Å². The molecule has 0 aromatic heterocycles. The lowest BCUT2D eigenvalue weighted by Gasteiger charge is -2.36. The van der Waals surface area contributed by atoms with Gasteiger partial charge in [0.2, 0.25) is 11.8 Å². The number of nitro groups is 1. The molecule has 3 N–H and O–H groups in total. The number of nitrogens with two attached hydrogens (primary N) is 1. The number of carbonyl (C=O) groups excluding carboxylic acids is 2. The van der Waals surface area contributed by atoms with Crippen molar-refractivity contribution in [1.29, 1.82) is 0 Å². The normalized spacial score (nSPS) is 22.1. The highest BCUT2D eigenvalue weighted by atomic mass is 16.6. The molecule has 1 aliphatic heterocycles. The number of nitrogens with zero attached hydrogens (tertiary/aromatic N) is 2. The van der Waals surface area contributed by atoms with Crippen LogP contribution in [-0.2, 0) is 16.0 Å². The number of amides is 2. The molecule has 1 aromatic rings. The molecule has 0 saturated carbocycles. The van der Waals surface area contributed by atoms with Gasteiger partial charge < -0.3 is 16.0 Å². The zero-order valence-electron chi connectivity index (χ0n) is 11.5. The monoisotopic (exact) mass is 292 g/mol. The Hall–Kier alpha value is -2.48. The van der Waals surface area contributed by atoms with Gasteiger partial charge in [0.15, 0.2) is 0 Å². The Kier molecular flexibility index (Phi) is 4.18. The Morgan fingerprint density at radius 3 is 2.48 bits per heavy atom. The number of likely N-dealkylation sites (N-methyl/N-ethyl adjacent to an activating group) is 1. The minimum atomic E-state index is -0.685. The van der Waals surface area contributed by atoms with Crippen LogP contribution in [-0.4, -0.2) is 47.3 Å². The van der Waals surface area contributed by atoms with Gasteiger partial charge in [0.1, 0.15) is 12.1 Å². The summed E-state index contributed by atoms with van der Waals surface area (Å²) in [6.07, 6.45) is 0.295. The summed E-state index contributed by atoms with van der Waals surface area (Å²) in [6, 6.07) is 4.59. The molecule has 1 saturated heterocycles. The summed E-state index contributed by atoms with van der Waals surface area (Å²) in [6.45, 7) is 0.0547. The second-order valence-corrected chi connectivity index (χ2v) is 4.89. The average molecular weight is 292 g/mol. The maximum absolute atomic E-state index is 12.0. The average Bonchev–Trinajstić information content (AvgIpc) is 2.47. The number of non-ortho nitro benzene ring substituents is 1. The van der Waals surface area contributed by atoms with Gasteiger partial charge >= 0.3 is 0 Å². The SMILES string of the molecule is CN1C(=O)[C@H](CN)NC(=O)[C@@H]1Cc1ccc([N+](=O)[O-])cc1. The van der Waals surface area contributed by atoms with Gasteiger partial charge in [0.25, 0.3) is 5.69 Å². The highest BCUT2D eigenvalue weighted by Crippen LogP contribution is 2.16. The first-order chi connectivity index (χ1) is 9.93. The summed E-state index contributed by atoms with van der Waals surface area (Å²) in [5.41, 5.74) is 6.16. The molecular formula is C13H16N4O4. The zero-order valence-corrected chi connectivity index (χ0v) is 11.5. The molecule has 2 rings (SSSR count). The predicted octanol–water partition coefficient (Wildman–Crippen LogP) is -0.579. The van der Waals surface area contributed by atoms with Crippen molar-refractivity contribution >= 4 is 17.5 Å². The Morgan fingerprint density at radius 1 is 1.33 bits per heavy atom. The van der Waals surface area contributed by atoms with Crippen molar-refractivity contribution in [2.75, 3.05) is 13.6 Å². The summed E-state index contributed by atoms with van der Waals surface area (Å²) in [7, 11) is 1.56. The lowest BCUT2D eigenvalue weighted by atomic mass is 10.00. The first-order valence-corrected chi connectivity index (χ1v) is 6.44. The maximum Gasteiger partial charge on any atom is 0.269 e. The van der Waals surface area contributed by atoms with Crippen molar-refractivity contribution in [2.45, 2.75) is 18.5 Å². The minimum absolute atomic E-state index is 0.0144. The summed E-state index contributed by atoms with van der Waals surface area (Å²) in [5, 5.41) is 13.2. The number of carbonyl (C=O) groups is 2. The van der Waals surface area contributed by atoms with Crippen LogP contribution in [0.25, 0.3) is 0 Å². The van der Waals surface area contributed by atoms with Crippen molar-refractivity contribution in [1.82, 2.24) is 10.2 Å². The molecule has 1 heterocycles. The molecule has 1 aliphatic rings. The highest BCUT2D eigenvalue weighted by molar-refractivity contribution is 5.97. The van der Waals surface area contributed by atoms with Crippen LogP contribution in [0, 0.1) is 10.1 Å². The van der Waals surface area contributed by atoms with Crippen LogP contribution in [0.15, 0.2) is 24.3 Å². The molecule has 2 amide bonds. The van der Waals surface area contributed by atoms with Crippen molar-refractivity contribution in [3.63, 3.8) is 0 Å². The molecule has 2 atom stereocenters. The van der Waals surface area contributed by atoms with Gasteiger partial charge in [-0.1, -0.05) is 12.1 Å². The molecule has 8 heteroatoms. The van der Waals surface area contributed by atoms with Gasteiger partial charge in [-0.05, 0) is 5.56 Å². The Balaban J connectivity index is 2.13. The number of hydrogen-bond acceptors (Lipinski definition) is 5. The Labute approximate surface area is 121 Å². The van der Waals surface area contributed by atoms with E-state index in [4.69, 9.17) is 5.73 Å². The van der Waals surface area contributed by atoms with E-state index in [2.05, 4.69) is 5.32 Å². The van der Waals surface area contributed by atoms with Crippen LogP contribution < -0.4 is 11.1 Å². The Bertz CT molecular complexity index is 572. The van der Waals surface area contributed by atoms with E-state index in [1.54, 1.807) is 19.2 Å². The number of piperazine rings is 1. The minimum Gasteiger partial charge on any atom is -0.341 e. The maximum atomic E-state index is 12.0. The second-order valence-electron chi connectivity index (χ2n) is 4.89. The first kappa shape index (κ1) is 14.9. The molecule has 0 unspecified atom stereocenters. The number of benzene rings is 1. The van der Waals surface area contributed by atoms with Crippen LogP contribution in [0.3, 0.4) is 0 Å². The summed E-state index contributed by atoms with van der Waals surface area (Å²) < 4.78 is 0. The van der Waals surface area contributed by atoms with E-state index in [0.29, 0.717) is 6.42 Å². The van der Waals surface area contributed by atoms with Gasteiger partial charge in [0, 0.05) is 32.1 Å². The summed E-state index contributed by atoms with van der Waals surface area (Å²) >= 11 is 0. The van der Waals surface area contributed by atoms with Crippen LogP contribution in [0.5, 0.6) is 0 Å². The standard InChI is InChI=1S/C13H16N4O4/c1-16-11(12(18)15-10(7-14)13(16)19)6-8-2-4-9(5-3-8)17(20)21/h2-5,10-11H,6-7,14H2,1H3,(H,15,18)/t10-,11-/m0/s1. The van der Waals surface area contributed by atoms with E-state index < -0.39 is 17.0 Å². The molecule has 21 heavy (non-hydrogen) atoms. The van der Waals surface area contributed by atoms with Gasteiger partial charge in [-0.25, -0.2) is 0 Å². The largest absolute Gasteiger partial charge is 0.341 e. The fraction of sp³-hybridized carbons (Fsp3) is 0.385. The number of nitrogens with one attached hydrogen (secondary N) is 1.